The second-order valence-corrected chi connectivity index (χ2v) is 16.1. The molecule has 2 heterocycles. The summed E-state index contributed by atoms with van der Waals surface area (Å²) in [5.74, 6) is -0.387. The second kappa shape index (κ2) is 36.1. The van der Waals surface area contributed by atoms with E-state index in [1.54, 1.807) is 12.2 Å². The molecule has 12 unspecified atom stereocenters. The van der Waals surface area contributed by atoms with Crippen LogP contribution in [0.3, 0.4) is 0 Å². The summed E-state index contributed by atoms with van der Waals surface area (Å²) in [6.07, 6.45) is 30.5. The van der Waals surface area contributed by atoms with Gasteiger partial charge in [0.25, 0.3) is 0 Å². The first-order valence-electron chi connectivity index (χ1n) is 23.5. The van der Waals surface area contributed by atoms with Gasteiger partial charge in [0.1, 0.15) is 48.8 Å². The highest BCUT2D eigenvalue weighted by Gasteiger charge is 2.50. The van der Waals surface area contributed by atoms with Crippen molar-refractivity contribution in [2.24, 2.45) is 0 Å². The predicted molar refractivity (Wildman–Crippen MR) is 249 cm³/mol. The number of amides is 1. The molecule has 2 aliphatic rings. The van der Waals surface area contributed by atoms with E-state index in [0.717, 1.165) is 51.4 Å². The predicted octanol–water partition coefficient (Wildman–Crippen LogP) is 5.20. The van der Waals surface area contributed by atoms with Crippen molar-refractivity contribution in [1.29, 1.82) is 0 Å². The normalized spacial score (nSPS) is 28.2. The van der Waals surface area contributed by atoms with Gasteiger partial charge in [0.05, 0.1) is 32.0 Å². The summed E-state index contributed by atoms with van der Waals surface area (Å²) in [5.41, 5.74) is 0. The van der Waals surface area contributed by atoms with Gasteiger partial charge >= 0.3 is 0 Å². The molecule has 0 aromatic heterocycles. The summed E-state index contributed by atoms with van der Waals surface area (Å²) in [5, 5.41) is 86.4. The Kier molecular flexibility index (Phi) is 32.2. The summed E-state index contributed by atoms with van der Waals surface area (Å²) in [7, 11) is 0. The number of hydrogen-bond acceptors (Lipinski definition) is 13. The summed E-state index contributed by atoms with van der Waals surface area (Å²) >= 11 is 0. The zero-order valence-electron chi connectivity index (χ0n) is 38.2. The lowest BCUT2D eigenvalue weighted by molar-refractivity contribution is -0.359. The minimum Gasteiger partial charge on any atom is -0.394 e. The van der Waals surface area contributed by atoms with Crippen molar-refractivity contribution >= 4 is 5.91 Å². The molecule has 0 aliphatic carbocycles. The second-order valence-electron chi connectivity index (χ2n) is 16.1. The molecule has 0 aromatic carbocycles. The number of allylic oxidation sites excluding steroid dienone is 14. The van der Waals surface area contributed by atoms with Crippen LogP contribution in [0.25, 0.3) is 0 Å². The molecule has 364 valence electrons. The quantitative estimate of drug-likeness (QED) is 0.0305. The first kappa shape index (κ1) is 57.0. The number of aliphatic hydroxyl groups excluding tert-OH is 8. The van der Waals surface area contributed by atoms with E-state index < -0.39 is 86.8 Å². The third-order valence-corrected chi connectivity index (χ3v) is 10.8. The molecular formula is C50H81NO13. The Bertz CT molecular complexity index is 1440. The molecule has 0 aromatic rings. The zero-order chi connectivity index (χ0) is 46.8. The molecule has 9 N–H and O–H groups in total. The van der Waals surface area contributed by atoms with Crippen molar-refractivity contribution in [2.45, 2.75) is 190 Å². The fourth-order valence-electron chi connectivity index (χ4n) is 6.92. The van der Waals surface area contributed by atoms with E-state index in [1.165, 1.54) is 32.1 Å². The monoisotopic (exact) mass is 904 g/mol. The molecular weight excluding hydrogens is 823 g/mol. The van der Waals surface area contributed by atoms with Crippen molar-refractivity contribution in [2.75, 3.05) is 19.8 Å². The highest BCUT2D eigenvalue weighted by Crippen LogP contribution is 2.29. The highest BCUT2D eigenvalue weighted by atomic mass is 16.7. The fraction of sp³-hybridized carbons (Fsp3) is 0.660. The fourth-order valence-corrected chi connectivity index (χ4v) is 6.92. The van der Waals surface area contributed by atoms with Gasteiger partial charge in [-0.3, -0.25) is 4.79 Å². The molecule has 12 atom stereocenters. The Morgan fingerprint density at radius 1 is 0.578 bits per heavy atom. The molecule has 0 radical (unpaired) electrons. The van der Waals surface area contributed by atoms with Gasteiger partial charge in [-0.05, 0) is 70.6 Å². The SMILES string of the molecule is CC/C=C\C/C=C\C/C=C\C/C=C\C/C=C\CC(=O)NC(COC1OC(CO)C(OC2OC(CO)C(O)C(O)C2O)C(O)C1O)C(O)/C=C/CC/C=C/CC/C=C/CCCCCCC. The third kappa shape index (κ3) is 23.4. The molecule has 2 aliphatic heterocycles. The maximum absolute atomic E-state index is 13.1. The van der Waals surface area contributed by atoms with Crippen molar-refractivity contribution in [3.8, 4) is 0 Å². The summed E-state index contributed by atoms with van der Waals surface area (Å²) in [6.45, 7) is 2.52. The number of nitrogens with one attached hydrogen (secondary N) is 1. The first-order valence-corrected chi connectivity index (χ1v) is 23.5. The molecule has 2 rings (SSSR count). The number of carbonyl (C=O) groups excluding carboxylic acids is 1. The standard InChI is InChI=1S/C50H81NO13/c1-3-5-7-9-11-13-15-17-19-21-23-25-27-29-31-33-39(54)38(51-42(55)34-32-30-28-26-24-22-20-18-16-14-12-10-8-6-4-2)37-61-49-47(60)45(58)48(41(36-53)63-49)64-50-46(59)44(57)43(56)40(35-52)62-50/h6,8,12,14-15,17-18,20,23-26,30-33,38-41,43-50,52-54,56-60H,3-5,7,9-11,13,16,19,21-22,27-29,34-37H2,1-2H3,(H,51,55)/b8-6-,14-12-,17-15+,20-18-,25-23+,26-24-,32-30-,33-31+. The number of aliphatic hydroxyl groups is 8. The molecule has 64 heavy (non-hydrogen) atoms. The van der Waals surface area contributed by atoms with Crippen LogP contribution in [-0.4, -0.2) is 140 Å². The van der Waals surface area contributed by atoms with E-state index in [-0.39, 0.29) is 18.9 Å². The molecule has 2 saturated heterocycles. The molecule has 1 amide bonds. The Labute approximate surface area is 382 Å². The van der Waals surface area contributed by atoms with Gasteiger partial charge in [0, 0.05) is 6.42 Å². The first-order chi connectivity index (χ1) is 31.1. The van der Waals surface area contributed by atoms with Crippen LogP contribution in [0.2, 0.25) is 0 Å². The van der Waals surface area contributed by atoms with Gasteiger partial charge < -0.3 is 65.1 Å². The van der Waals surface area contributed by atoms with E-state index in [1.807, 2.05) is 18.2 Å². The summed E-state index contributed by atoms with van der Waals surface area (Å²) < 4.78 is 22.6. The van der Waals surface area contributed by atoms with Crippen molar-refractivity contribution in [1.82, 2.24) is 5.32 Å². The Morgan fingerprint density at radius 2 is 1.09 bits per heavy atom. The van der Waals surface area contributed by atoms with Gasteiger partial charge in [-0.1, -0.05) is 137 Å². The maximum atomic E-state index is 13.1. The largest absolute Gasteiger partial charge is 0.394 e. The van der Waals surface area contributed by atoms with E-state index in [4.69, 9.17) is 18.9 Å². The van der Waals surface area contributed by atoms with Crippen LogP contribution >= 0.6 is 0 Å². The van der Waals surface area contributed by atoms with Gasteiger partial charge in [-0.15, -0.1) is 0 Å². The van der Waals surface area contributed by atoms with Gasteiger partial charge in [-0.2, -0.15) is 0 Å². The number of ether oxygens (including phenoxy) is 4. The molecule has 14 heteroatoms. The van der Waals surface area contributed by atoms with Crippen LogP contribution < -0.4 is 5.32 Å². The average molecular weight is 904 g/mol. The van der Waals surface area contributed by atoms with Crippen molar-refractivity contribution in [3.05, 3.63) is 97.2 Å². The minimum atomic E-state index is -1.80. The number of hydrogen-bond donors (Lipinski definition) is 9. The molecule has 0 spiro atoms. The van der Waals surface area contributed by atoms with Crippen LogP contribution in [0.5, 0.6) is 0 Å². The summed E-state index contributed by atoms with van der Waals surface area (Å²) in [4.78, 5) is 13.1. The highest BCUT2D eigenvalue weighted by molar-refractivity contribution is 5.77. The lowest BCUT2D eigenvalue weighted by atomic mass is 9.97. The lowest BCUT2D eigenvalue weighted by Crippen LogP contribution is -2.65. The van der Waals surface area contributed by atoms with E-state index in [9.17, 15) is 45.6 Å². The Balaban J connectivity index is 1.96. The van der Waals surface area contributed by atoms with Crippen molar-refractivity contribution in [3.63, 3.8) is 0 Å². The zero-order valence-corrected chi connectivity index (χ0v) is 38.2. The van der Waals surface area contributed by atoms with Crippen LogP contribution in [0.15, 0.2) is 97.2 Å². The van der Waals surface area contributed by atoms with Crippen LogP contribution in [0.1, 0.15) is 117 Å². The van der Waals surface area contributed by atoms with E-state index in [0.29, 0.717) is 12.8 Å². The van der Waals surface area contributed by atoms with Gasteiger partial charge in [-0.25, -0.2) is 0 Å². The molecule has 14 nitrogen and oxygen atoms in total. The van der Waals surface area contributed by atoms with Gasteiger partial charge in [0.2, 0.25) is 5.91 Å². The number of carbonyl (C=O) groups is 1. The summed E-state index contributed by atoms with van der Waals surface area (Å²) in [6, 6.07) is -0.996. The molecule has 2 fully saturated rings. The van der Waals surface area contributed by atoms with E-state index in [2.05, 4.69) is 86.0 Å². The third-order valence-electron chi connectivity index (χ3n) is 10.8. The van der Waals surface area contributed by atoms with Crippen molar-refractivity contribution < 1.29 is 64.6 Å². The average Bonchev–Trinajstić information content (AvgIpc) is 3.29. The smallest absolute Gasteiger partial charge is 0.224 e. The number of rotatable bonds is 33. The van der Waals surface area contributed by atoms with Crippen LogP contribution in [-0.2, 0) is 23.7 Å². The lowest BCUT2D eigenvalue weighted by Gasteiger charge is -2.46. The van der Waals surface area contributed by atoms with E-state index >= 15 is 0 Å². The Hall–Kier alpha value is -3.09. The van der Waals surface area contributed by atoms with Crippen LogP contribution in [0, 0.1) is 0 Å². The molecule has 0 bridgehead atoms. The number of unbranched alkanes of at least 4 members (excludes halogenated alkanes) is 7. The topological polar surface area (TPSA) is 228 Å². The molecule has 0 saturated carbocycles. The Morgan fingerprint density at radius 3 is 1.67 bits per heavy atom. The minimum absolute atomic E-state index is 0.0320. The van der Waals surface area contributed by atoms with Gasteiger partial charge in [0.15, 0.2) is 12.6 Å². The maximum Gasteiger partial charge on any atom is 0.224 e. The van der Waals surface area contributed by atoms with Crippen LogP contribution in [0.4, 0.5) is 0 Å².